The molecule has 0 aliphatic carbocycles. The van der Waals surface area contributed by atoms with Crippen LogP contribution in [0.1, 0.15) is 32.7 Å². The van der Waals surface area contributed by atoms with Gasteiger partial charge in [-0.1, -0.05) is 6.92 Å². The predicted octanol–water partition coefficient (Wildman–Crippen LogP) is 1.76. The third kappa shape index (κ3) is 3.78. The molecule has 0 unspecified atom stereocenters. The minimum atomic E-state index is -0.130. The van der Waals surface area contributed by atoms with E-state index in [0.717, 1.165) is 19.4 Å². The van der Waals surface area contributed by atoms with Gasteiger partial charge in [0.15, 0.2) is 5.82 Å². The quantitative estimate of drug-likeness (QED) is 0.900. The van der Waals surface area contributed by atoms with Crippen LogP contribution in [-0.2, 0) is 9.59 Å². The molecule has 0 radical (unpaired) electrons. The fourth-order valence-corrected chi connectivity index (χ4v) is 3.28. The molecule has 0 saturated carbocycles. The van der Waals surface area contributed by atoms with E-state index in [4.69, 9.17) is 0 Å². The van der Waals surface area contributed by atoms with Crippen molar-refractivity contribution in [2.75, 3.05) is 24.7 Å². The van der Waals surface area contributed by atoms with Gasteiger partial charge in [-0.05, 0) is 19.1 Å². The van der Waals surface area contributed by atoms with Gasteiger partial charge in [0.25, 0.3) is 0 Å². The molecular formula is C14H22N4O2S. The summed E-state index contributed by atoms with van der Waals surface area (Å²) in [6.45, 7) is 4.97. The van der Waals surface area contributed by atoms with Crippen molar-refractivity contribution < 1.29 is 9.59 Å². The van der Waals surface area contributed by atoms with E-state index < -0.39 is 0 Å². The summed E-state index contributed by atoms with van der Waals surface area (Å²) in [6.07, 6.45) is 5.59. The van der Waals surface area contributed by atoms with Crippen molar-refractivity contribution in [3.63, 3.8) is 0 Å². The molecule has 1 aromatic rings. The average molecular weight is 310 g/mol. The van der Waals surface area contributed by atoms with Crippen LogP contribution in [0.2, 0.25) is 0 Å². The molecule has 2 rings (SSSR count). The summed E-state index contributed by atoms with van der Waals surface area (Å²) in [6, 6.07) is 1.97. The molecule has 1 N–H and O–H groups in total. The lowest BCUT2D eigenvalue weighted by molar-refractivity contribution is -0.129. The Kier molecular flexibility index (Phi) is 5.27. The standard InChI is InChI=1S/C14H22N4O2S/c1-4-12(21-3)14(20)17-7-5-11(9-17)18-8-6-13(16-18)15-10(2)19/h6,8,11-12H,4-5,7,9H2,1-3H3,(H,15,16,19)/t11-,12-/m0/s1. The van der Waals surface area contributed by atoms with Gasteiger partial charge < -0.3 is 10.2 Å². The summed E-state index contributed by atoms with van der Waals surface area (Å²) in [7, 11) is 0. The third-order valence-electron chi connectivity index (χ3n) is 3.69. The Labute approximate surface area is 129 Å². The molecule has 0 aromatic carbocycles. The summed E-state index contributed by atoms with van der Waals surface area (Å²) in [4.78, 5) is 25.3. The fourth-order valence-electron chi connectivity index (χ4n) is 2.59. The maximum atomic E-state index is 12.4. The minimum Gasteiger partial charge on any atom is -0.340 e. The van der Waals surface area contributed by atoms with Gasteiger partial charge in [0, 0.05) is 32.3 Å². The highest BCUT2D eigenvalue weighted by molar-refractivity contribution is 7.99. The first kappa shape index (κ1) is 15.9. The lowest BCUT2D eigenvalue weighted by Gasteiger charge is -2.21. The second kappa shape index (κ2) is 6.98. The number of hydrogen-bond donors (Lipinski definition) is 1. The van der Waals surface area contributed by atoms with Crippen LogP contribution >= 0.6 is 11.8 Å². The molecule has 0 bridgehead atoms. The number of likely N-dealkylation sites (tertiary alicyclic amines) is 1. The zero-order valence-electron chi connectivity index (χ0n) is 12.7. The van der Waals surface area contributed by atoms with Crippen molar-refractivity contribution >= 4 is 29.4 Å². The maximum absolute atomic E-state index is 12.4. The van der Waals surface area contributed by atoms with Gasteiger partial charge in [-0.25, -0.2) is 0 Å². The Balaban J connectivity index is 1.97. The summed E-state index contributed by atoms with van der Waals surface area (Å²) >= 11 is 1.61. The Morgan fingerprint density at radius 2 is 2.33 bits per heavy atom. The van der Waals surface area contributed by atoms with Crippen LogP contribution in [0.4, 0.5) is 5.82 Å². The molecular weight excluding hydrogens is 288 g/mol. The number of aromatic nitrogens is 2. The van der Waals surface area contributed by atoms with Crippen LogP contribution in [0, 0.1) is 0 Å². The van der Waals surface area contributed by atoms with Crippen LogP contribution in [0.3, 0.4) is 0 Å². The fraction of sp³-hybridized carbons (Fsp3) is 0.643. The Bertz CT molecular complexity index is 513. The number of thioether (sulfide) groups is 1. The van der Waals surface area contributed by atoms with Crippen molar-refractivity contribution in [2.24, 2.45) is 0 Å². The lowest BCUT2D eigenvalue weighted by Crippen LogP contribution is -2.36. The molecule has 116 valence electrons. The summed E-state index contributed by atoms with van der Waals surface area (Å²) < 4.78 is 1.85. The predicted molar refractivity (Wildman–Crippen MR) is 84.4 cm³/mol. The molecule has 6 nitrogen and oxygen atoms in total. The van der Waals surface area contributed by atoms with Gasteiger partial charge in [-0.3, -0.25) is 14.3 Å². The zero-order chi connectivity index (χ0) is 15.4. The van der Waals surface area contributed by atoms with Gasteiger partial charge in [-0.2, -0.15) is 16.9 Å². The van der Waals surface area contributed by atoms with E-state index >= 15 is 0 Å². The van der Waals surface area contributed by atoms with Gasteiger partial charge in [-0.15, -0.1) is 0 Å². The summed E-state index contributed by atoms with van der Waals surface area (Å²) in [5, 5.41) is 7.07. The number of carbonyl (C=O) groups is 2. The summed E-state index contributed by atoms with van der Waals surface area (Å²) in [5.41, 5.74) is 0. The highest BCUT2D eigenvalue weighted by Gasteiger charge is 2.31. The SMILES string of the molecule is CC[C@H](SC)C(=O)N1CC[C@H](n2ccc(NC(C)=O)n2)C1. The first-order valence-electron chi connectivity index (χ1n) is 7.19. The van der Waals surface area contributed by atoms with Crippen LogP contribution in [-0.4, -0.2) is 51.1 Å². The number of hydrogen-bond acceptors (Lipinski definition) is 4. The molecule has 1 saturated heterocycles. The first-order chi connectivity index (χ1) is 10.0. The average Bonchev–Trinajstić information content (AvgIpc) is 3.07. The Morgan fingerprint density at radius 3 is 2.95 bits per heavy atom. The van der Waals surface area contributed by atoms with E-state index in [1.165, 1.54) is 6.92 Å². The van der Waals surface area contributed by atoms with E-state index in [-0.39, 0.29) is 23.1 Å². The van der Waals surface area contributed by atoms with Crippen molar-refractivity contribution in [3.8, 4) is 0 Å². The largest absolute Gasteiger partial charge is 0.340 e. The summed E-state index contributed by atoms with van der Waals surface area (Å²) in [5.74, 6) is 0.652. The van der Waals surface area contributed by atoms with Crippen molar-refractivity contribution in [1.82, 2.24) is 14.7 Å². The van der Waals surface area contributed by atoms with Crippen LogP contribution in [0.25, 0.3) is 0 Å². The molecule has 7 heteroatoms. The van der Waals surface area contributed by atoms with Crippen molar-refractivity contribution in [2.45, 2.75) is 38.0 Å². The van der Waals surface area contributed by atoms with E-state index in [2.05, 4.69) is 10.4 Å². The molecule has 2 atom stereocenters. The molecule has 2 amide bonds. The molecule has 1 aromatic heterocycles. The van der Waals surface area contributed by atoms with Crippen LogP contribution in [0.5, 0.6) is 0 Å². The van der Waals surface area contributed by atoms with E-state index in [1.54, 1.807) is 17.8 Å². The molecule has 21 heavy (non-hydrogen) atoms. The normalized spacial score (nSPS) is 19.6. The van der Waals surface area contributed by atoms with Gasteiger partial charge in [0.2, 0.25) is 11.8 Å². The van der Waals surface area contributed by atoms with Gasteiger partial charge >= 0.3 is 0 Å². The first-order valence-corrected chi connectivity index (χ1v) is 8.48. The van der Waals surface area contributed by atoms with E-state index in [9.17, 15) is 9.59 Å². The number of anilines is 1. The van der Waals surface area contributed by atoms with Crippen molar-refractivity contribution in [1.29, 1.82) is 0 Å². The third-order valence-corrected chi connectivity index (χ3v) is 4.80. The highest BCUT2D eigenvalue weighted by Crippen LogP contribution is 2.25. The van der Waals surface area contributed by atoms with Gasteiger partial charge in [0.05, 0.1) is 11.3 Å². The number of nitrogens with zero attached hydrogens (tertiary/aromatic N) is 3. The number of amides is 2. The number of nitrogens with one attached hydrogen (secondary N) is 1. The van der Waals surface area contributed by atoms with Gasteiger partial charge in [0.1, 0.15) is 0 Å². The lowest BCUT2D eigenvalue weighted by atomic mass is 10.3. The molecule has 1 aliphatic rings. The molecule has 2 heterocycles. The van der Waals surface area contributed by atoms with Crippen LogP contribution < -0.4 is 5.32 Å². The maximum Gasteiger partial charge on any atom is 0.235 e. The molecule has 1 fully saturated rings. The molecule has 1 aliphatic heterocycles. The zero-order valence-corrected chi connectivity index (χ0v) is 13.5. The number of rotatable bonds is 5. The van der Waals surface area contributed by atoms with Crippen molar-refractivity contribution in [3.05, 3.63) is 12.3 Å². The Hall–Kier alpha value is -1.50. The number of carbonyl (C=O) groups excluding carboxylic acids is 2. The van der Waals surface area contributed by atoms with Crippen LogP contribution in [0.15, 0.2) is 12.3 Å². The minimum absolute atomic E-state index is 0.0521. The Morgan fingerprint density at radius 1 is 1.57 bits per heavy atom. The smallest absolute Gasteiger partial charge is 0.235 e. The second-order valence-corrected chi connectivity index (χ2v) is 6.26. The molecule has 0 spiro atoms. The van der Waals surface area contributed by atoms with E-state index in [0.29, 0.717) is 12.4 Å². The highest BCUT2D eigenvalue weighted by atomic mass is 32.2. The second-order valence-electron chi connectivity index (χ2n) is 5.22. The topological polar surface area (TPSA) is 67.2 Å². The monoisotopic (exact) mass is 310 g/mol. The van der Waals surface area contributed by atoms with E-state index in [1.807, 2.05) is 29.0 Å².